The number of nitrogens with zero attached hydrogens (tertiary/aromatic N) is 6. The zero-order valence-electron chi connectivity index (χ0n) is 17.9. The summed E-state index contributed by atoms with van der Waals surface area (Å²) in [6, 6.07) is 10.4. The van der Waals surface area contributed by atoms with Crippen LogP contribution in [0.2, 0.25) is 0 Å². The lowest BCUT2D eigenvalue weighted by atomic mass is 10.1. The molecular formula is C22H24N6O4. The van der Waals surface area contributed by atoms with Crippen LogP contribution in [-0.2, 0) is 4.84 Å². The Labute approximate surface area is 185 Å². The molecule has 0 N–H and O–H groups in total. The highest BCUT2D eigenvalue weighted by Crippen LogP contribution is 2.22. The number of benzene rings is 1. The van der Waals surface area contributed by atoms with Crippen molar-refractivity contribution in [3.8, 4) is 11.6 Å². The van der Waals surface area contributed by atoms with E-state index in [4.69, 9.17) is 9.57 Å². The number of amides is 2. The smallest absolute Gasteiger partial charge is 0.277 e. The molecule has 4 rings (SSSR count). The SMILES string of the molecule is CON(C)C(=O)c1ccnc(OC2CCCN(C(=O)c3ccccc3-n3nccn3)C2)c1. The Morgan fingerprint density at radius 3 is 2.69 bits per heavy atom. The van der Waals surface area contributed by atoms with E-state index in [1.54, 1.807) is 35.5 Å². The molecule has 32 heavy (non-hydrogen) atoms. The number of hydrogen-bond acceptors (Lipinski definition) is 7. The maximum Gasteiger partial charge on any atom is 0.277 e. The minimum atomic E-state index is -0.302. The van der Waals surface area contributed by atoms with Crippen molar-refractivity contribution >= 4 is 11.8 Å². The molecular weight excluding hydrogens is 412 g/mol. The first-order chi connectivity index (χ1) is 15.6. The summed E-state index contributed by atoms with van der Waals surface area (Å²) in [4.78, 5) is 38.0. The topological polar surface area (TPSA) is 103 Å². The van der Waals surface area contributed by atoms with Crippen LogP contribution in [0.5, 0.6) is 5.88 Å². The number of aromatic nitrogens is 4. The van der Waals surface area contributed by atoms with Crippen molar-refractivity contribution in [2.45, 2.75) is 18.9 Å². The van der Waals surface area contributed by atoms with E-state index >= 15 is 0 Å². The van der Waals surface area contributed by atoms with Crippen LogP contribution in [0.25, 0.3) is 5.69 Å². The molecule has 1 aliphatic rings. The molecule has 1 unspecified atom stereocenters. The summed E-state index contributed by atoms with van der Waals surface area (Å²) < 4.78 is 6.03. The summed E-state index contributed by atoms with van der Waals surface area (Å²) in [6.07, 6.45) is 6.00. The van der Waals surface area contributed by atoms with E-state index in [0.717, 1.165) is 17.9 Å². The number of para-hydroxylation sites is 1. The lowest BCUT2D eigenvalue weighted by Crippen LogP contribution is -2.44. The zero-order valence-corrected chi connectivity index (χ0v) is 17.9. The van der Waals surface area contributed by atoms with Crippen molar-refractivity contribution in [3.05, 3.63) is 66.1 Å². The minimum absolute atomic E-state index is 0.107. The van der Waals surface area contributed by atoms with Crippen molar-refractivity contribution in [3.63, 3.8) is 0 Å². The van der Waals surface area contributed by atoms with Crippen molar-refractivity contribution in [2.75, 3.05) is 27.2 Å². The number of ether oxygens (including phenoxy) is 1. The van der Waals surface area contributed by atoms with Crippen molar-refractivity contribution in [1.82, 2.24) is 29.9 Å². The van der Waals surface area contributed by atoms with Gasteiger partial charge in [0.2, 0.25) is 5.88 Å². The van der Waals surface area contributed by atoms with Crippen LogP contribution in [0.1, 0.15) is 33.6 Å². The average Bonchev–Trinajstić information content (AvgIpc) is 3.38. The van der Waals surface area contributed by atoms with E-state index in [0.29, 0.717) is 35.8 Å². The fourth-order valence-corrected chi connectivity index (χ4v) is 3.60. The van der Waals surface area contributed by atoms with Crippen LogP contribution >= 0.6 is 0 Å². The van der Waals surface area contributed by atoms with Gasteiger partial charge in [-0.2, -0.15) is 15.0 Å². The lowest BCUT2D eigenvalue weighted by Gasteiger charge is -2.33. The predicted octanol–water partition coefficient (Wildman–Crippen LogP) is 1.98. The second-order valence-corrected chi connectivity index (χ2v) is 7.34. The van der Waals surface area contributed by atoms with E-state index in [2.05, 4.69) is 15.2 Å². The summed E-state index contributed by atoms with van der Waals surface area (Å²) in [5.41, 5.74) is 1.56. The maximum absolute atomic E-state index is 13.3. The van der Waals surface area contributed by atoms with Gasteiger partial charge in [0.1, 0.15) is 6.10 Å². The molecule has 2 amide bonds. The van der Waals surface area contributed by atoms with Gasteiger partial charge in [-0.15, -0.1) is 0 Å². The molecule has 1 aliphatic heterocycles. The number of hydrogen-bond donors (Lipinski definition) is 0. The van der Waals surface area contributed by atoms with Gasteiger partial charge in [-0.05, 0) is 31.0 Å². The number of rotatable bonds is 6. The van der Waals surface area contributed by atoms with Crippen LogP contribution in [0, 0.1) is 0 Å². The van der Waals surface area contributed by atoms with Gasteiger partial charge in [-0.3, -0.25) is 14.4 Å². The van der Waals surface area contributed by atoms with Gasteiger partial charge in [-0.25, -0.2) is 10.0 Å². The average molecular weight is 436 g/mol. The third kappa shape index (κ3) is 4.59. The van der Waals surface area contributed by atoms with Gasteiger partial charge in [0.05, 0.1) is 37.3 Å². The molecule has 1 atom stereocenters. The summed E-state index contributed by atoms with van der Waals surface area (Å²) in [6.45, 7) is 1.04. The summed E-state index contributed by atoms with van der Waals surface area (Å²) in [7, 11) is 2.95. The summed E-state index contributed by atoms with van der Waals surface area (Å²) in [5, 5.41) is 9.43. The molecule has 3 heterocycles. The largest absolute Gasteiger partial charge is 0.472 e. The fourth-order valence-electron chi connectivity index (χ4n) is 3.60. The number of piperidine rings is 1. The standard InChI is InChI=1S/C22H24N6O4/c1-26(31-2)21(29)16-9-10-23-20(14-16)32-17-6-5-13-27(15-17)22(30)18-7-3-4-8-19(18)28-24-11-12-25-28/h3-4,7-12,14,17H,5-6,13,15H2,1-2H3. The first kappa shape index (κ1) is 21.4. The second-order valence-electron chi connectivity index (χ2n) is 7.34. The van der Waals surface area contributed by atoms with Crippen molar-refractivity contribution in [1.29, 1.82) is 0 Å². The molecule has 3 aromatic rings. The monoisotopic (exact) mass is 436 g/mol. The van der Waals surface area contributed by atoms with Crippen molar-refractivity contribution < 1.29 is 19.2 Å². The number of pyridine rings is 1. The van der Waals surface area contributed by atoms with E-state index in [1.807, 2.05) is 18.2 Å². The molecule has 10 nitrogen and oxygen atoms in total. The van der Waals surface area contributed by atoms with Gasteiger partial charge in [0, 0.05) is 31.4 Å². The van der Waals surface area contributed by atoms with Crippen molar-refractivity contribution in [2.24, 2.45) is 0 Å². The molecule has 0 aliphatic carbocycles. The molecule has 0 bridgehead atoms. The Morgan fingerprint density at radius 2 is 1.91 bits per heavy atom. The minimum Gasteiger partial charge on any atom is -0.472 e. The molecule has 1 fully saturated rings. The lowest BCUT2D eigenvalue weighted by molar-refractivity contribution is -0.0757. The third-order valence-electron chi connectivity index (χ3n) is 5.26. The molecule has 166 valence electrons. The van der Waals surface area contributed by atoms with Crippen LogP contribution in [0.15, 0.2) is 55.0 Å². The number of likely N-dealkylation sites (tertiary alicyclic amines) is 1. The van der Waals surface area contributed by atoms with Gasteiger partial charge in [-0.1, -0.05) is 12.1 Å². The van der Waals surface area contributed by atoms with Crippen LogP contribution < -0.4 is 4.74 Å². The fraction of sp³-hybridized carbons (Fsp3) is 0.318. The van der Waals surface area contributed by atoms with Gasteiger partial charge < -0.3 is 9.64 Å². The Balaban J connectivity index is 1.47. The molecule has 0 saturated carbocycles. The van der Waals surface area contributed by atoms with Crippen LogP contribution in [0.3, 0.4) is 0 Å². The number of carbonyl (C=O) groups is 2. The van der Waals surface area contributed by atoms with E-state index in [-0.39, 0.29) is 17.9 Å². The molecule has 10 heteroatoms. The maximum atomic E-state index is 13.3. The quantitative estimate of drug-likeness (QED) is 0.545. The first-order valence-electron chi connectivity index (χ1n) is 10.3. The van der Waals surface area contributed by atoms with Crippen LogP contribution in [-0.4, -0.2) is 75.1 Å². The van der Waals surface area contributed by atoms with E-state index in [9.17, 15) is 9.59 Å². The molecule has 1 aromatic carbocycles. The van der Waals surface area contributed by atoms with Gasteiger partial charge >= 0.3 is 0 Å². The highest BCUT2D eigenvalue weighted by atomic mass is 16.7. The Hall–Kier alpha value is -3.79. The highest BCUT2D eigenvalue weighted by molar-refractivity contribution is 5.97. The third-order valence-corrected chi connectivity index (χ3v) is 5.26. The predicted molar refractivity (Wildman–Crippen MR) is 114 cm³/mol. The number of hydroxylamine groups is 2. The van der Waals surface area contributed by atoms with Gasteiger partial charge in [0.25, 0.3) is 11.8 Å². The Bertz CT molecular complexity index is 1090. The summed E-state index contributed by atoms with van der Waals surface area (Å²) in [5.74, 6) is -0.0744. The molecule has 0 radical (unpaired) electrons. The van der Waals surface area contributed by atoms with E-state index in [1.165, 1.54) is 25.2 Å². The summed E-state index contributed by atoms with van der Waals surface area (Å²) >= 11 is 0. The van der Waals surface area contributed by atoms with E-state index < -0.39 is 0 Å². The Kier molecular flexibility index (Phi) is 6.41. The first-order valence-corrected chi connectivity index (χ1v) is 10.3. The normalized spacial score (nSPS) is 15.9. The molecule has 1 saturated heterocycles. The second kappa shape index (κ2) is 9.56. The Morgan fingerprint density at radius 1 is 1.12 bits per heavy atom. The van der Waals surface area contributed by atoms with Crippen LogP contribution in [0.4, 0.5) is 0 Å². The highest BCUT2D eigenvalue weighted by Gasteiger charge is 2.28. The number of carbonyl (C=O) groups excluding carboxylic acids is 2. The molecule has 0 spiro atoms. The zero-order chi connectivity index (χ0) is 22.5. The molecule has 2 aromatic heterocycles. The van der Waals surface area contributed by atoms with Gasteiger partial charge in [0.15, 0.2) is 0 Å².